The summed E-state index contributed by atoms with van der Waals surface area (Å²) in [5.74, 6) is 1.33. The van der Waals surface area contributed by atoms with Crippen molar-refractivity contribution in [3.05, 3.63) is 34.1 Å². The average molecular weight is 301 g/mol. The van der Waals surface area contributed by atoms with E-state index in [2.05, 4.69) is 22.4 Å². The highest BCUT2D eigenvalue weighted by atomic mass is 35.5. The summed E-state index contributed by atoms with van der Waals surface area (Å²) < 4.78 is 7.35. The Morgan fingerprint density at radius 2 is 2.11 bits per heavy atom. The fourth-order valence-corrected chi connectivity index (χ4v) is 1.81. The summed E-state index contributed by atoms with van der Waals surface area (Å²) in [5.41, 5.74) is 0. The monoisotopic (exact) mass is 300 g/mol. The van der Waals surface area contributed by atoms with Gasteiger partial charge in [-0.05, 0) is 29.0 Å². The van der Waals surface area contributed by atoms with Crippen molar-refractivity contribution in [2.75, 3.05) is 0 Å². The third-order valence-electron chi connectivity index (χ3n) is 2.59. The van der Waals surface area contributed by atoms with Gasteiger partial charge in [0.1, 0.15) is 12.4 Å². The molecule has 0 radical (unpaired) electrons. The fraction of sp³-hybridized carbons (Fsp3) is 0.417. The molecule has 1 aromatic heterocycles. The molecule has 0 amide bonds. The molecule has 0 bridgehead atoms. The zero-order chi connectivity index (χ0) is 13.7. The quantitative estimate of drug-likeness (QED) is 0.821. The molecule has 5 nitrogen and oxygen atoms in total. The van der Waals surface area contributed by atoms with Gasteiger partial charge in [-0.25, -0.2) is 4.68 Å². The first-order valence-electron chi connectivity index (χ1n) is 6.03. The Kier molecular flexibility index (Phi) is 4.99. The van der Waals surface area contributed by atoms with Crippen LogP contribution in [0, 0.1) is 0 Å². The van der Waals surface area contributed by atoms with Gasteiger partial charge in [-0.1, -0.05) is 36.5 Å². The highest BCUT2D eigenvalue weighted by Crippen LogP contribution is 2.26. The standard InChI is InChI=1S/C12H14Cl2N4O/c1-2-3-6-18-12(15-16-17-18)8-19-9-4-5-10(13)11(14)7-9/h4-5,7H,2-3,6,8H2,1H3. The summed E-state index contributed by atoms with van der Waals surface area (Å²) >= 11 is 11.8. The largest absolute Gasteiger partial charge is 0.485 e. The van der Waals surface area contributed by atoms with Crippen molar-refractivity contribution in [1.82, 2.24) is 20.2 Å². The van der Waals surface area contributed by atoms with Crippen molar-refractivity contribution in [3.63, 3.8) is 0 Å². The fourth-order valence-electron chi connectivity index (χ4n) is 1.52. The predicted octanol–water partition coefficient (Wildman–Crippen LogP) is 3.36. The van der Waals surface area contributed by atoms with Crippen LogP contribution < -0.4 is 4.74 Å². The molecule has 0 aliphatic rings. The van der Waals surface area contributed by atoms with Gasteiger partial charge in [-0.2, -0.15) is 0 Å². The second-order valence-corrected chi connectivity index (χ2v) is 4.85. The van der Waals surface area contributed by atoms with E-state index in [0.29, 0.717) is 28.2 Å². The molecule has 1 aromatic carbocycles. The maximum Gasteiger partial charge on any atom is 0.189 e. The van der Waals surface area contributed by atoms with E-state index in [1.807, 2.05) is 0 Å². The van der Waals surface area contributed by atoms with Gasteiger partial charge in [0.2, 0.25) is 0 Å². The van der Waals surface area contributed by atoms with Gasteiger partial charge in [0.15, 0.2) is 5.82 Å². The van der Waals surface area contributed by atoms with Crippen LogP contribution in [0.2, 0.25) is 10.0 Å². The minimum absolute atomic E-state index is 0.300. The van der Waals surface area contributed by atoms with Crippen LogP contribution in [-0.2, 0) is 13.2 Å². The van der Waals surface area contributed by atoms with Gasteiger partial charge in [-0.15, -0.1) is 5.10 Å². The maximum atomic E-state index is 5.92. The molecule has 1 heterocycles. The SMILES string of the molecule is CCCCn1nnnc1COc1ccc(Cl)c(Cl)c1. The molecule has 0 aliphatic carbocycles. The van der Waals surface area contributed by atoms with E-state index < -0.39 is 0 Å². The molecule has 0 N–H and O–H groups in total. The third kappa shape index (κ3) is 3.81. The number of aryl methyl sites for hydroxylation is 1. The second kappa shape index (κ2) is 6.73. The second-order valence-electron chi connectivity index (χ2n) is 4.04. The van der Waals surface area contributed by atoms with E-state index >= 15 is 0 Å². The lowest BCUT2D eigenvalue weighted by Crippen LogP contribution is -2.08. The lowest BCUT2D eigenvalue weighted by Gasteiger charge is -2.07. The Hall–Kier alpha value is -1.33. The van der Waals surface area contributed by atoms with E-state index in [1.54, 1.807) is 22.9 Å². The third-order valence-corrected chi connectivity index (χ3v) is 3.33. The molecular weight excluding hydrogens is 287 g/mol. The number of hydrogen-bond donors (Lipinski definition) is 0. The molecule has 19 heavy (non-hydrogen) atoms. The number of halogens is 2. The molecule has 2 aromatic rings. The lowest BCUT2D eigenvalue weighted by molar-refractivity contribution is 0.285. The van der Waals surface area contributed by atoms with E-state index in [1.165, 1.54) is 0 Å². The Bertz CT molecular complexity index is 544. The van der Waals surface area contributed by atoms with Crippen molar-refractivity contribution in [3.8, 4) is 5.75 Å². The minimum Gasteiger partial charge on any atom is -0.485 e. The summed E-state index contributed by atoms with van der Waals surface area (Å²) in [7, 11) is 0. The number of hydrogen-bond acceptors (Lipinski definition) is 4. The Morgan fingerprint density at radius 3 is 2.84 bits per heavy atom. The van der Waals surface area contributed by atoms with Crippen LogP contribution >= 0.6 is 23.2 Å². The van der Waals surface area contributed by atoms with E-state index in [-0.39, 0.29) is 0 Å². The van der Waals surface area contributed by atoms with Crippen molar-refractivity contribution in [2.45, 2.75) is 32.9 Å². The molecule has 7 heteroatoms. The normalized spacial score (nSPS) is 10.7. The number of tetrazole rings is 1. The summed E-state index contributed by atoms with van der Waals surface area (Å²) in [5, 5.41) is 12.5. The molecule has 0 fully saturated rings. The maximum absolute atomic E-state index is 5.92. The van der Waals surface area contributed by atoms with Crippen molar-refractivity contribution in [2.24, 2.45) is 0 Å². The molecule has 0 unspecified atom stereocenters. The number of benzene rings is 1. The minimum atomic E-state index is 0.300. The van der Waals surface area contributed by atoms with Crippen LogP contribution in [-0.4, -0.2) is 20.2 Å². The summed E-state index contributed by atoms with van der Waals surface area (Å²) in [6.07, 6.45) is 2.12. The van der Waals surface area contributed by atoms with Crippen molar-refractivity contribution in [1.29, 1.82) is 0 Å². The number of ether oxygens (including phenoxy) is 1. The lowest BCUT2D eigenvalue weighted by atomic mass is 10.3. The van der Waals surface area contributed by atoms with Gasteiger partial charge in [0, 0.05) is 12.6 Å². The molecule has 0 spiro atoms. The van der Waals surface area contributed by atoms with Crippen LogP contribution in [0.5, 0.6) is 5.75 Å². The Morgan fingerprint density at radius 1 is 1.26 bits per heavy atom. The smallest absolute Gasteiger partial charge is 0.189 e. The molecule has 2 rings (SSSR count). The Balaban J connectivity index is 1.98. The van der Waals surface area contributed by atoms with E-state index in [0.717, 1.165) is 19.4 Å². The highest BCUT2D eigenvalue weighted by Gasteiger charge is 2.07. The first kappa shape index (κ1) is 14.1. The summed E-state index contributed by atoms with van der Waals surface area (Å²) in [4.78, 5) is 0. The van der Waals surface area contributed by atoms with E-state index in [9.17, 15) is 0 Å². The zero-order valence-electron chi connectivity index (χ0n) is 10.5. The van der Waals surface area contributed by atoms with Gasteiger partial charge in [0.05, 0.1) is 10.0 Å². The van der Waals surface area contributed by atoms with Gasteiger partial charge in [-0.3, -0.25) is 0 Å². The topological polar surface area (TPSA) is 52.8 Å². The molecule has 0 atom stereocenters. The van der Waals surface area contributed by atoms with Crippen LogP contribution in [0.25, 0.3) is 0 Å². The predicted molar refractivity (Wildman–Crippen MR) is 73.5 cm³/mol. The average Bonchev–Trinajstić information content (AvgIpc) is 2.85. The van der Waals surface area contributed by atoms with Crippen molar-refractivity contribution < 1.29 is 4.74 Å². The molecule has 102 valence electrons. The molecule has 0 saturated heterocycles. The first-order chi connectivity index (χ1) is 9.20. The zero-order valence-corrected chi connectivity index (χ0v) is 12.0. The van der Waals surface area contributed by atoms with Crippen molar-refractivity contribution >= 4 is 23.2 Å². The number of rotatable bonds is 6. The Labute approximate surface area is 121 Å². The van der Waals surface area contributed by atoms with Gasteiger partial charge >= 0.3 is 0 Å². The molecular formula is C12H14Cl2N4O. The van der Waals surface area contributed by atoms with Crippen LogP contribution in [0.3, 0.4) is 0 Å². The van der Waals surface area contributed by atoms with Crippen LogP contribution in [0.4, 0.5) is 0 Å². The molecule has 0 aliphatic heterocycles. The van der Waals surface area contributed by atoms with Gasteiger partial charge in [0.25, 0.3) is 0 Å². The van der Waals surface area contributed by atoms with Crippen LogP contribution in [0.1, 0.15) is 25.6 Å². The number of aromatic nitrogens is 4. The van der Waals surface area contributed by atoms with E-state index in [4.69, 9.17) is 27.9 Å². The summed E-state index contributed by atoms with van der Waals surface area (Å²) in [6.45, 7) is 3.22. The number of nitrogens with zero attached hydrogens (tertiary/aromatic N) is 4. The first-order valence-corrected chi connectivity index (χ1v) is 6.79. The van der Waals surface area contributed by atoms with Crippen LogP contribution in [0.15, 0.2) is 18.2 Å². The molecule has 0 saturated carbocycles. The van der Waals surface area contributed by atoms with Gasteiger partial charge < -0.3 is 4.74 Å². The highest BCUT2D eigenvalue weighted by molar-refractivity contribution is 6.42. The number of unbranched alkanes of at least 4 members (excludes halogenated alkanes) is 1. The summed E-state index contributed by atoms with van der Waals surface area (Å²) in [6, 6.07) is 5.12.